The molecule has 0 amide bonds. The van der Waals surface area contributed by atoms with Crippen molar-refractivity contribution in [2.45, 2.75) is 66.2 Å². The van der Waals surface area contributed by atoms with Crippen molar-refractivity contribution in [1.29, 1.82) is 0 Å². The van der Waals surface area contributed by atoms with Crippen molar-refractivity contribution in [1.82, 2.24) is 0 Å². The Labute approximate surface area is 102 Å². The average Bonchev–Trinajstić information content (AvgIpc) is 2.27. The van der Waals surface area contributed by atoms with E-state index >= 15 is 0 Å². The standard InChI is InChI=1S/C10H22O.C4H10O/c1-3-4-7-10(2)8-5-6-9-11;1-4(2)3-5/h10-11H,3-9H2,1-2H3;4-5H,3H2,1-2H3. The van der Waals surface area contributed by atoms with Crippen LogP contribution in [0.2, 0.25) is 0 Å². The lowest BCUT2D eigenvalue weighted by molar-refractivity contribution is 0.248. The number of hydrogen-bond acceptors (Lipinski definition) is 2. The number of unbranched alkanes of at least 4 members (excludes halogenated alkanes) is 2. The third-order valence-corrected chi connectivity index (χ3v) is 2.52. The Morgan fingerprint density at radius 3 is 1.75 bits per heavy atom. The van der Waals surface area contributed by atoms with Gasteiger partial charge in [-0.05, 0) is 18.3 Å². The van der Waals surface area contributed by atoms with Gasteiger partial charge in [-0.3, -0.25) is 0 Å². The first-order valence-electron chi connectivity index (χ1n) is 6.80. The number of aliphatic hydroxyl groups excluding tert-OH is 2. The van der Waals surface area contributed by atoms with E-state index in [1.807, 2.05) is 13.8 Å². The highest BCUT2D eigenvalue weighted by Gasteiger charge is 1.99. The Bertz CT molecular complexity index is 113. The van der Waals surface area contributed by atoms with Crippen LogP contribution in [0.1, 0.15) is 66.2 Å². The zero-order chi connectivity index (χ0) is 12.8. The molecule has 2 nitrogen and oxygen atoms in total. The van der Waals surface area contributed by atoms with E-state index in [0.29, 0.717) is 19.1 Å². The highest BCUT2D eigenvalue weighted by atomic mass is 16.3. The summed E-state index contributed by atoms with van der Waals surface area (Å²) in [5.74, 6) is 1.30. The summed E-state index contributed by atoms with van der Waals surface area (Å²) in [6, 6.07) is 0. The topological polar surface area (TPSA) is 40.5 Å². The van der Waals surface area contributed by atoms with Crippen molar-refractivity contribution < 1.29 is 10.2 Å². The molecule has 0 fully saturated rings. The molecule has 0 aliphatic heterocycles. The van der Waals surface area contributed by atoms with Crippen molar-refractivity contribution in [3.8, 4) is 0 Å². The summed E-state index contributed by atoms with van der Waals surface area (Å²) in [6.07, 6.45) is 7.50. The van der Waals surface area contributed by atoms with Gasteiger partial charge in [0.25, 0.3) is 0 Å². The number of aliphatic hydroxyl groups is 2. The third-order valence-electron chi connectivity index (χ3n) is 2.52. The first-order valence-corrected chi connectivity index (χ1v) is 6.80. The van der Waals surface area contributed by atoms with Crippen LogP contribution in [-0.2, 0) is 0 Å². The van der Waals surface area contributed by atoms with Crippen LogP contribution in [0.15, 0.2) is 0 Å². The summed E-state index contributed by atoms with van der Waals surface area (Å²) in [4.78, 5) is 0. The van der Waals surface area contributed by atoms with Crippen LogP contribution in [0.5, 0.6) is 0 Å². The largest absolute Gasteiger partial charge is 0.396 e. The molecule has 1 atom stereocenters. The molecule has 0 rings (SSSR count). The Kier molecular flexibility index (Phi) is 17.1. The van der Waals surface area contributed by atoms with Gasteiger partial charge in [0.05, 0.1) is 0 Å². The average molecular weight is 232 g/mol. The van der Waals surface area contributed by atoms with Gasteiger partial charge in [-0.1, -0.05) is 59.8 Å². The maximum atomic E-state index is 8.56. The van der Waals surface area contributed by atoms with Crippen molar-refractivity contribution >= 4 is 0 Å². The summed E-state index contributed by atoms with van der Waals surface area (Å²) in [5, 5.41) is 16.7. The molecule has 0 saturated heterocycles. The summed E-state index contributed by atoms with van der Waals surface area (Å²) in [5.41, 5.74) is 0. The van der Waals surface area contributed by atoms with Crippen LogP contribution in [-0.4, -0.2) is 23.4 Å². The van der Waals surface area contributed by atoms with Crippen LogP contribution in [0.4, 0.5) is 0 Å². The minimum Gasteiger partial charge on any atom is -0.396 e. The lowest BCUT2D eigenvalue weighted by Gasteiger charge is -2.08. The molecule has 0 heterocycles. The molecule has 16 heavy (non-hydrogen) atoms. The SMILES string of the molecule is CC(C)CO.CCCCC(C)CCCCO. The minimum atomic E-state index is 0.306. The minimum absolute atomic E-state index is 0.306. The van der Waals surface area contributed by atoms with Gasteiger partial charge in [0.1, 0.15) is 0 Å². The van der Waals surface area contributed by atoms with Crippen molar-refractivity contribution in [2.75, 3.05) is 13.2 Å². The monoisotopic (exact) mass is 232 g/mol. The molecule has 2 N–H and O–H groups in total. The second-order valence-electron chi connectivity index (χ2n) is 5.04. The van der Waals surface area contributed by atoms with Crippen LogP contribution < -0.4 is 0 Å². The molecule has 0 aromatic carbocycles. The first kappa shape index (κ1) is 18.3. The second-order valence-corrected chi connectivity index (χ2v) is 5.04. The summed E-state index contributed by atoms with van der Waals surface area (Å²) in [6.45, 7) is 9.16. The Morgan fingerprint density at radius 1 is 0.875 bits per heavy atom. The molecular weight excluding hydrogens is 200 g/mol. The van der Waals surface area contributed by atoms with E-state index in [0.717, 1.165) is 12.3 Å². The van der Waals surface area contributed by atoms with Crippen LogP contribution in [0, 0.1) is 11.8 Å². The molecule has 0 aliphatic rings. The molecule has 0 radical (unpaired) electrons. The second kappa shape index (κ2) is 14.9. The van der Waals surface area contributed by atoms with Gasteiger partial charge >= 0.3 is 0 Å². The predicted molar refractivity (Wildman–Crippen MR) is 71.5 cm³/mol. The third kappa shape index (κ3) is 19.5. The molecule has 2 heteroatoms. The highest BCUT2D eigenvalue weighted by molar-refractivity contribution is 4.53. The maximum Gasteiger partial charge on any atom is 0.0453 e. The lowest BCUT2D eigenvalue weighted by atomic mass is 9.98. The molecule has 0 aromatic heterocycles. The fourth-order valence-electron chi connectivity index (χ4n) is 1.30. The summed E-state index contributed by atoms with van der Waals surface area (Å²) >= 11 is 0. The Hall–Kier alpha value is -0.0800. The van der Waals surface area contributed by atoms with Gasteiger partial charge < -0.3 is 10.2 Å². The molecule has 1 unspecified atom stereocenters. The quantitative estimate of drug-likeness (QED) is 0.628. The molecule has 0 aliphatic carbocycles. The van der Waals surface area contributed by atoms with Crippen LogP contribution in [0.25, 0.3) is 0 Å². The fourth-order valence-corrected chi connectivity index (χ4v) is 1.30. The van der Waals surface area contributed by atoms with Gasteiger partial charge in [0, 0.05) is 13.2 Å². The molecule has 0 saturated carbocycles. The predicted octanol–water partition coefficient (Wildman–Crippen LogP) is 3.61. The van der Waals surface area contributed by atoms with E-state index in [2.05, 4.69) is 13.8 Å². The normalized spacial score (nSPS) is 12.2. The van der Waals surface area contributed by atoms with E-state index in [-0.39, 0.29) is 0 Å². The van der Waals surface area contributed by atoms with E-state index in [4.69, 9.17) is 10.2 Å². The smallest absolute Gasteiger partial charge is 0.0453 e. The first-order chi connectivity index (χ1) is 7.58. The van der Waals surface area contributed by atoms with Crippen LogP contribution in [0.3, 0.4) is 0 Å². The Balaban J connectivity index is 0. The number of rotatable bonds is 8. The molecule has 100 valence electrons. The van der Waals surface area contributed by atoms with Crippen molar-refractivity contribution in [3.05, 3.63) is 0 Å². The van der Waals surface area contributed by atoms with Gasteiger partial charge in [-0.2, -0.15) is 0 Å². The zero-order valence-electron chi connectivity index (χ0n) is 11.7. The van der Waals surface area contributed by atoms with Gasteiger partial charge in [0.2, 0.25) is 0 Å². The summed E-state index contributed by atoms with van der Waals surface area (Å²) in [7, 11) is 0. The van der Waals surface area contributed by atoms with Gasteiger partial charge in [-0.15, -0.1) is 0 Å². The zero-order valence-corrected chi connectivity index (χ0v) is 11.7. The summed E-state index contributed by atoms with van der Waals surface area (Å²) < 4.78 is 0. The van der Waals surface area contributed by atoms with Crippen molar-refractivity contribution in [3.63, 3.8) is 0 Å². The highest BCUT2D eigenvalue weighted by Crippen LogP contribution is 2.14. The molecular formula is C14H32O2. The molecule has 0 bridgehead atoms. The maximum absolute atomic E-state index is 8.56. The van der Waals surface area contributed by atoms with E-state index in [9.17, 15) is 0 Å². The van der Waals surface area contributed by atoms with E-state index in [1.165, 1.54) is 32.1 Å². The Morgan fingerprint density at radius 2 is 1.38 bits per heavy atom. The molecule has 0 aromatic rings. The molecule has 0 spiro atoms. The fraction of sp³-hybridized carbons (Fsp3) is 1.00. The van der Waals surface area contributed by atoms with Gasteiger partial charge in [0.15, 0.2) is 0 Å². The van der Waals surface area contributed by atoms with Crippen molar-refractivity contribution in [2.24, 2.45) is 11.8 Å². The van der Waals surface area contributed by atoms with Crippen LogP contribution >= 0.6 is 0 Å². The van der Waals surface area contributed by atoms with Gasteiger partial charge in [-0.25, -0.2) is 0 Å². The van der Waals surface area contributed by atoms with E-state index < -0.39 is 0 Å². The lowest BCUT2D eigenvalue weighted by Crippen LogP contribution is -1.95. The number of hydrogen-bond donors (Lipinski definition) is 2. The van der Waals surface area contributed by atoms with E-state index in [1.54, 1.807) is 0 Å².